The van der Waals surface area contributed by atoms with Gasteiger partial charge in [-0.25, -0.2) is 0 Å². The summed E-state index contributed by atoms with van der Waals surface area (Å²) >= 11 is 0. The number of hydrogen-bond donors (Lipinski definition) is 1. The lowest BCUT2D eigenvalue weighted by Crippen LogP contribution is -2.40. The van der Waals surface area contributed by atoms with Gasteiger partial charge in [0.2, 0.25) is 0 Å². The number of ether oxygens (including phenoxy) is 1. The van der Waals surface area contributed by atoms with Crippen LogP contribution in [0.25, 0.3) is 0 Å². The smallest absolute Gasteiger partial charge is 0.123 e. The third-order valence-electron chi connectivity index (χ3n) is 3.06. The van der Waals surface area contributed by atoms with E-state index in [2.05, 4.69) is 31.0 Å². The van der Waals surface area contributed by atoms with E-state index in [9.17, 15) is 0 Å². The van der Waals surface area contributed by atoms with Gasteiger partial charge in [-0.1, -0.05) is 23.8 Å². The molecule has 2 heteroatoms. The van der Waals surface area contributed by atoms with Crippen molar-refractivity contribution in [3.8, 4) is 5.75 Å². The second-order valence-corrected chi connectivity index (χ2v) is 4.52. The third kappa shape index (κ3) is 2.27. The predicted octanol–water partition coefficient (Wildman–Crippen LogP) is 2.54. The second kappa shape index (κ2) is 4.71. The molecule has 0 saturated carbocycles. The predicted molar refractivity (Wildman–Crippen MR) is 66.8 cm³/mol. The molecule has 0 radical (unpaired) electrons. The van der Waals surface area contributed by atoms with Crippen LogP contribution in [-0.2, 0) is 6.42 Å². The van der Waals surface area contributed by atoms with Gasteiger partial charge in [0.15, 0.2) is 0 Å². The highest BCUT2D eigenvalue weighted by Gasteiger charge is 2.28. The zero-order chi connectivity index (χ0) is 11.5. The van der Waals surface area contributed by atoms with Crippen molar-refractivity contribution in [1.82, 2.24) is 5.32 Å². The lowest BCUT2D eigenvalue weighted by atomic mass is 9.99. The highest BCUT2D eigenvalue weighted by Crippen LogP contribution is 2.30. The van der Waals surface area contributed by atoms with Gasteiger partial charge in [-0.05, 0) is 32.0 Å². The number of likely N-dealkylation sites (N-methyl/N-ethyl adjacent to an activating group) is 1. The Morgan fingerprint density at radius 3 is 2.94 bits per heavy atom. The molecule has 2 atom stereocenters. The maximum Gasteiger partial charge on any atom is 0.123 e. The topological polar surface area (TPSA) is 21.3 Å². The van der Waals surface area contributed by atoms with E-state index in [1.54, 1.807) is 0 Å². The Morgan fingerprint density at radius 2 is 2.31 bits per heavy atom. The van der Waals surface area contributed by atoms with Crippen LogP contribution in [0.4, 0.5) is 0 Å². The van der Waals surface area contributed by atoms with Gasteiger partial charge in [-0.3, -0.25) is 0 Å². The fraction of sp³-hybridized carbons (Fsp3) is 0.429. The molecule has 2 unspecified atom stereocenters. The van der Waals surface area contributed by atoms with Crippen molar-refractivity contribution in [2.24, 2.45) is 0 Å². The molecule has 2 rings (SSSR count). The Hall–Kier alpha value is -1.28. The van der Waals surface area contributed by atoms with Crippen molar-refractivity contribution >= 4 is 0 Å². The van der Waals surface area contributed by atoms with Crippen molar-refractivity contribution in [1.29, 1.82) is 0 Å². The monoisotopic (exact) mass is 217 g/mol. The first-order chi connectivity index (χ1) is 7.70. The molecule has 16 heavy (non-hydrogen) atoms. The Bertz CT molecular complexity index is 361. The zero-order valence-electron chi connectivity index (χ0n) is 9.99. The fourth-order valence-electron chi connectivity index (χ4n) is 2.23. The summed E-state index contributed by atoms with van der Waals surface area (Å²) in [5, 5.41) is 3.32. The molecular formula is C14H19NO. The molecule has 0 amide bonds. The zero-order valence-corrected chi connectivity index (χ0v) is 9.99. The van der Waals surface area contributed by atoms with E-state index in [4.69, 9.17) is 4.74 Å². The molecule has 0 bridgehead atoms. The van der Waals surface area contributed by atoms with Crippen LogP contribution in [-0.4, -0.2) is 19.2 Å². The summed E-state index contributed by atoms with van der Waals surface area (Å²) in [5.41, 5.74) is 2.51. The molecule has 86 valence electrons. The van der Waals surface area contributed by atoms with Crippen LogP contribution >= 0.6 is 0 Å². The lowest BCUT2D eigenvalue weighted by molar-refractivity contribution is 0.182. The van der Waals surface area contributed by atoms with Gasteiger partial charge in [0.1, 0.15) is 11.9 Å². The molecule has 1 N–H and O–H groups in total. The summed E-state index contributed by atoms with van der Waals surface area (Å²) < 4.78 is 5.96. The minimum Gasteiger partial charge on any atom is -0.488 e. The van der Waals surface area contributed by atoms with E-state index in [1.807, 2.05) is 19.2 Å². The van der Waals surface area contributed by atoms with Gasteiger partial charge < -0.3 is 10.1 Å². The molecule has 0 aliphatic carbocycles. The molecule has 0 aromatic heterocycles. The van der Waals surface area contributed by atoms with Crippen molar-refractivity contribution in [2.75, 3.05) is 7.05 Å². The van der Waals surface area contributed by atoms with E-state index in [-0.39, 0.29) is 6.10 Å². The number of hydrogen-bond acceptors (Lipinski definition) is 2. The van der Waals surface area contributed by atoms with E-state index in [0.29, 0.717) is 6.04 Å². The molecule has 0 fully saturated rings. The van der Waals surface area contributed by atoms with Gasteiger partial charge in [-0.15, -0.1) is 6.58 Å². The second-order valence-electron chi connectivity index (χ2n) is 4.52. The number of para-hydroxylation sites is 1. The van der Waals surface area contributed by atoms with Gasteiger partial charge in [0.25, 0.3) is 0 Å². The summed E-state index contributed by atoms with van der Waals surface area (Å²) in [7, 11) is 1.99. The summed E-state index contributed by atoms with van der Waals surface area (Å²) in [5.74, 6) is 1.04. The molecule has 1 aromatic rings. The van der Waals surface area contributed by atoms with E-state index in [1.165, 1.54) is 11.1 Å². The van der Waals surface area contributed by atoms with Crippen molar-refractivity contribution < 1.29 is 4.74 Å². The Labute approximate surface area is 97.3 Å². The van der Waals surface area contributed by atoms with E-state index < -0.39 is 0 Å². The first-order valence-electron chi connectivity index (χ1n) is 5.77. The minimum atomic E-state index is 0.235. The Kier molecular flexibility index (Phi) is 3.30. The van der Waals surface area contributed by atoms with Crippen LogP contribution in [0.5, 0.6) is 5.75 Å². The minimum absolute atomic E-state index is 0.235. The van der Waals surface area contributed by atoms with Crippen LogP contribution in [0.1, 0.15) is 18.9 Å². The van der Waals surface area contributed by atoms with Crippen molar-refractivity contribution in [3.05, 3.63) is 42.0 Å². The first kappa shape index (κ1) is 11.2. The molecule has 0 spiro atoms. The van der Waals surface area contributed by atoms with Crippen molar-refractivity contribution in [3.63, 3.8) is 0 Å². The van der Waals surface area contributed by atoms with Crippen LogP contribution in [0.3, 0.4) is 0 Å². The molecular weight excluding hydrogens is 198 g/mol. The molecule has 0 saturated heterocycles. The van der Waals surface area contributed by atoms with Gasteiger partial charge in [0, 0.05) is 12.5 Å². The molecule has 1 aromatic carbocycles. The fourth-order valence-corrected chi connectivity index (χ4v) is 2.23. The third-order valence-corrected chi connectivity index (χ3v) is 3.06. The lowest BCUT2D eigenvalue weighted by Gasteiger charge is -2.22. The standard InChI is InChI=1S/C14H19NO/c1-10(2)8-12(15-3)14-9-11-6-4-5-7-13(11)16-14/h4-7,12,14-15H,1,8-9H2,2-3H3. The van der Waals surface area contributed by atoms with Gasteiger partial charge in [0.05, 0.1) is 0 Å². The normalized spacial score (nSPS) is 20.0. The quantitative estimate of drug-likeness (QED) is 0.783. The SMILES string of the molecule is C=C(C)CC(NC)C1Cc2ccccc2O1. The Morgan fingerprint density at radius 1 is 1.56 bits per heavy atom. The number of benzene rings is 1. The average molecular weight is 217 g/mol. The summed E-state index contributed by atoms with van der Waals surface area (Å²) in [4.78, 5) is 0. The summed E-state index contributed by atoms with van der Waals surface area (Å²) in [6.45, 7) is 6.03. The highest BCUT2D eigenvalue weighted by molar-refractivity contribution is 5.37. The molecule has 1 aliphatic rings. The number of rotatable bonds is 4. The van der Waals surface area contributed by atoms with E-state index in [0.717, 1.165) is 18.6 Å². The first-order valence-corrected chi connectivity index (χ1v) is 5.77. The maximum absolute atomic E-state index is 5.96. The van der Waals surface area contributed by atoms with Crippen molar-refractivity contribution in [2.45, 2.75) is 31.9 Å². The van der Waals surface area contributed by atoms with Crippen LogP contribution in [0, 0.1) is 0 Å². The Balaban J connectivity index is 2.06. The van der Waals surface area contributed by atoms with Gasteiger partial charge in [-0.2, -0.15) is 0 Å². The number of nitrogens with one attached hydrogen (secondary N) is 1. The summed E-state index contributed by atoms with van der Waals surface area (Å²) in [6, 6.07) is 8.63. The highest BCUT2D eigenvalue weighted by atomic mass is 16.5. The number of fused-ring (bicyclic) bond motifs is 1. The van der Waals surface area contributed by atoms with Crippen LogP contribution in [0.15, 0.2) is 36.4 Å². The van der Waals surface area contributed by atoms with Crippen LogP contribution < -0.4 is 10.1 Å². The molecule has 1 heterocycles. The van der Waals surface area contributed by atoms with E-state index >= 15 is 0 Å². The van der Waals surface area contributed by atoms with Gasteiger partial charge >= 0.3 is 0 Å². The average Bonchev–Trinajstić information content (AvgIpc) is 2.68. The van der Waals surface area contributed by atoms with Crippen LogP contribution in [0.2, 0.25) is 0 Å². The summed E-state index contributed by atoms with van der Waals surface area (Å²) in [6.07, 6.45) is 2.20. The molecule has 2 nitrogen and oxygen atoms in total. The maximum atomic E-state index is 5.96. The molecule has 1 aliphatic heterocycles. The largest absolute Gasteiger partial charge is 0.488 e.